The molecule has 0 aromatic heterocycles. The Morgan fingerprint density at radius 3 is 2.60 bits per heavy atom. The van der Waals surface area contributed by atoms with Gasteiger partial charge >= 0.3 is 5.97 Å². The van der Waals surface area contributed by atoms with E-state index in [2.05, 4.69) is 0 Å². The van der Waals surface area contributed by atoms with Crippen molar-refractivity contribution in [2.75, 3.05) is 30.9 Å². The smallest absolute Gasteiger partial charge is 0.304 e. The molecular formula is C30H38N4O5S. The Morgan fingerprint density at radius 1 is 1.18 bits per heavy atom. The van der Waals surface area contributed by atoms with E-state index >= 15 is 0 Å². The number of para-hydroxylation sites is 1. The Hall–Kier alpha value is -3.60. The summed E-state index contributed by atoms with van der Waals surface area (Å²) in [4.78, 5) is 12.1. The molecular weight excluding hydrogens is 528 g/mol. The molecule has 0 bridgehead atoms. The number of carboxylic acid groups (broad SMARTS) is 1. The Labute approximate surface area is 236 Å². The number of hydrogen-bond donors (Lipinski definition) is 3. The molecule has 2 atom stereocenters. The summed E-state index contributed by atoms with van der Waals surface area (Å²) < 4.78 is 34.7. The molecule has 9 nitrogen and oxygen atoms in total. The molecule has 1 heterocycles. The third-order valence-corrected chi connectivity index (χ3v) is 9.59. The molecule has 214 valence electrons. The van der Waals surface area contributed by atoms with Crippen LogP contribution in [0.15, 0.2) is 59.5 Å². The number of hydrogen-bond acceptors (Lipinski definition) is 7. The summed E-state index contributed by atoms with van der Waals surface area (Å²) >= 11 is 0. The molecule has 0 amide bonds. The third kappa shape index (κ3) is 5.39. The molecule has 5 rings (SSSR count). The first kappa shape index (κ1) is 29.4. The first-order valence-corrected chi connectivity index (χ1v) is 15.0. The maximum absolute atomic E-state index is 13.7. The lowest BCUT2D eigenvalue weighted by Gasteiger charge is -2.28. The fraction of sp³-hybridized carbons (Fsp3) is 0.367. The molecule has 0 spiro atoms. The molecule has 10 heteroatoms. The Bertz CT molecular complexity index is 1510. The van der Waals surface area contributed by atoms with Crippen LogP contribution < -0.4 is 21.3 Å². The quantitative estimate of drug-likeness (QED) is 0.224. The van der Waals surface area contributed by atoms with Crippen LogP contribution in [0.25, 0.3) is 0 Å². The van der Waals surface area contributed by atoms with Gasteiger partial charge in [-0.25, -0.2) is 14.3 Å². The molecule has 2 unspecified atom stereocenters. The molecule has 0 saturated heterocycles. The summed E-state index contributed by atoms with van der Waals surface area (Å²) in [5, 5.41) is 11.2. The number of aliphatic carboxylic acids is 1. The average molecular weight is 567 g/mol. The van der Waals surface area contributed by atoms with E-state index in [1.807, 2.05) is 45.0 Å². The number of fused-ring (bicyclic) bond motifs is 2. The van der Waals surface area contributed by atoms with Crippen LogP contribution in [0, 0.1) is 6.92 Å². The topological polar surface area (TPSA) is 139 Å². The highest BCUT2D eigenvalue weighted by molar-refractivity contribution is 7.89. The van der Waals surface area contributed by atoms with Gasteiger partial charge in [-0.3, -0.25) is 4.79 Å². The Kier molecular flexibility index (Phi) is 8.72. The number of hydrazine groups is 1. The van der Waals surface area contributed by atoms with Gasteiger partial charge in [-0.15, -0.1) is 0 Å². The predicted octanol–water partition coefficient (Wildman–Crippen LogP) is 4.59. The summed E-state index contributed by atoms with van der Waals surface area (Å²) in [5.41, 5.74) is 11.9. The van der Waals surface area contributed by atoms with Crippen molar-refractivity contribution < 1.29 is 23.1 Å². The first-order valence-electron chi connectivity index (χ1n) is 13.5. The van der Waals surface area contributed by atoms with Gasteiger partial charge in [-0.2, -0.15) is 4.31 Å². The van der Waals surface area contributed by atoms with Crippen LogP contribution in [0.1, 0.15) is 66.5 Å². The zero-order chi connectivity index (χ0) is 29.2. The highest BCUT2D eigenvalue weighted by Crippen LogP contribution is 2.44. The average Bonchev–Trinajstić information content (AvgIpc) is 3.29. The molecule has 0 radical (unpaired) electrons. The Balaban J connectivity index is 0.00000181. The number of ether oxygens (including phenoxy) is 1. The Morgan fingerprint density at radius 2 is 1.90 bits per heavy atom. The molecule has 5 N–H and O–H groups in total. The van der Waals surface area contributed by atoms with E-state index in [9.17, 15) is 18.3 Å². The van der Waals surface area contributed by atoms with Crippen LogP contribution >= 0.6 is 0 Å². The van der Waals surface area contributed by atoms with Crippen LogP contribution in [-0.2, 0) is 21.2 Å². The number of carbonyl (C=O) groups is 1. The normalized spacial score (nSPS) is 18.3. The minimum Gasteiger partial charge on any atom is -0.491 e. The number of aryl methyl sites for hydroxylation is 1. The lowest BCUT2D eigenvalue weighted by molar-refractivity contribution is -0.137. The number of rotatable bonds is 6. The monoisotopic (exact) mass is 566 g/mol. The molecule has 1 aliphatic carbocycles. The lowest BCUT2D eigenvalue weighted by atomic mass is 9.84. The van der Waals surface area contributed by atoms with Gasteiger partial charge in [0.25, 0.3) is 0 Å². The second-order valence-electron chi connectivity index (χ2n) is 9.90. The SMILES string of the molecule is CC.Cc1c(C(CC(=O)O)c2ccc3c(c2)C(N2CCOc4ccccc4S2(=O)=O)CC3)ccc(N(C)N)c1N. The molecule has 2 aliphatic rings. The van der Waals surface area contributed by atoms with Crippen molar-refractivity contribution in [1.29, 1.82) is 0 Å². The van der Waals surface area contributed by atoms with Gasteiger partial charge in [-0.1, -0.05) is 50.2 Å². The molecule has 3 aromatic carbocycles. The highest BCUT2D eigenvalue weighted by Gasteiger charge is 2.39. The van der Waals surface area contributed by atoms with E-state index in [-0.39, 0.29) is 30.5 Å². The number of sulfonamides is 1. The second kappa shape index (κ2) is 11.9. The summed E-state index contributed by atoms with van der Waals surface area (Å²) in [6.45, 7) is 6.35. The van der Waals surface area contributed by atoms with Crippen molar-refractivity contribution in [3.63, 3.8) is 0 Å². The molecule has 0 fully saturated rings. The highest BCUT2D eigenvalue weighted by atomic mass is 32.2. The number of benzene rings is 3. The minimum atomic E-state index is -3.79. The zero-order valence-corrected chi connectivity index (χ0v) is 24.2. The van der Waals surface area contributed by atoms with Gasteiger partial charge in [0.05, 0.1) is 23.8 Å². The van der Waals surface area contributed by atoms with Gasteiger partial charge in [0, 0.05) is 19.5 Å². The summed E-state index contributed by atoms with van der Waals surface area (Å²) in [6, 6.07) is 15.9. The van der Waals surface area contributed by atoms with Crippen molar-refractivity contribution in [2.24, 2.45) is 5.84 Å². The molecule has 0 saturated carbocycles. The summed E-state index contributed by atoms with van der Waals surface area (Å²) in [5.74, 6) is 4.87. The fourth-order valence-corrected chi connectivity index (χ4v) is 7.46. The first-order chi connectivity index (χ1) is 19.1. The van der Waals surface area contributed by atoms with Crippen LogP contribution in [0.2, 0.25) is 0 Å². The zero-order valence-electron chi connectivity index (χ0n) is 23.4. The van der Waals surface area contributed by atoms with Crippen molar-refractivity contribution in [1.82, 2.24) is 4.31 Å². The van der Waals surface area contributed by atoms with Crippen molar-refractivity contribution >= 4 is 27.4 Å². The van der Waals surface area contributed by atoms with E-state index < -0.39 is 21.9 Å². The van der Waals surface area contributed by atoms with E-state index in [1.54, 1.807) is 37.4 Å². The number of nitrogen functional groups attached to an aromatic ring is 1. The van der Waals surface area contributed by atoms with Crippen LogP contribution in [0.5, 0.6) is 5.75 Å². The molecule has 3 aromatic rings. The number of nitrogens with two attached hydrogens (primary N) is 2. The maximum atomic E-state index is 13.7. The number of anilines is 2. The van der Waals surface area contributed by atoms with E-state index in [1.165, 1.54) is 9.31 Å². The van der Waals surface area contributed by atoms with Gasteiger partial charge in [0.2, 0.25) is 10.0 Å². The number of carboxylic acids is 1. The number of nitrogens with zero attached hydrogens (tertiary/aromatic N) is 2. The minimum absolute atomic E-state index is 0.134. The maximum Gasteiger partial charge on any atom is 0.304 e. The molecule has 40 heavy (non-hydrogen) atoms. The van der Waals surface area contributed by atoms with Gasteiger partial charge in [0.1, 0.15) is 17.3 Å². The second-order valence-corrected chi connectivity index (χ2v) is 11.8. The van der Waals surface area contributed by atoms with Crippen molar-refractivity contribution in [3.05, 3.63) is 82.4 Å². The van der Waals surface area contributed by atoms with E-state index in [4.69, 9.17) is 16.3 Å². The van der Waals surface area contributed by atoms with Crippen LogP contribution in [0.4, 0.5) is 11.4 Å². The predicted molar refractivity (Wildman–Crippen MR) is 157 cm³/mol. The standard InChI is InChI=1S/C28H32N4O5S.C2H6/c1-17-20(10-12-24(28(17)29)31(2)30)21(16-27(33)34)19-8-7-18-9-11-23(22(18)15-19)32-13-14-37-25-5-3-4-6-26(25)38(32,35)36;1-2/h3-8,10,12,15,21,23H,9,11,13-14,16,29-30H2,1-2H3,(H,33,34);1-2H3. The van der Waals surface area contributed by atoms with Gasteiger partial charge in [-0.05, 0) is 65.8 Å². The van der Waals surface area contributed by atoms with Gasteiger partial charge in [0.15, 0.2) is 0 Å². The third-order valence-electron chi connectivity index (χ3n) is 7.64. The van der Waals surface area contributed by atoms with Crippen LogP contribution in [0.3, 0.4) is 0 Å². The van der Waals surface area contributed by atoms with Gasteiger partial charge < -0.3 is 20.6 Å². The summed E-state index contributed by atoms with van der Waals surface area (Å²) in [6.07, 6.45) is 1.25. The van der Waals surface area contributed by atoms with E-state index in [0.717, 1.165) is 34.2 Å². The van der Waals surface area contributed by atoms with Crippen molar-refractivity contribution in [3.8, 4) is 5.75 Å². The largest absolute Gasteiger partial charge is 0.491 e. The van der Waals surface area contributed by atoms with Crippen molar-refractivity contribution in [2.45, 2.75) is 56.9 Å². The van der Waals surface area contributed by atoms with E-state index in [0.29, 0.717) is 23.5 Å². The summed E-state index contributed by atoms with van der Waals surface area (Å²) in [7, 11) is -2.10. The molecule has 1 aliphatic heterocycles. The lowest BCUT2D eigenvalue weighted by Crippen LogP contribution is -2.35. The van der Waals surface area contributed by atoms with Crippen LogP contribution in [-0.4, -0.2) is 44.0 Å². The fourth-order valence-electron chi connectivity index (χ4n) is 5.71.